The SMILES string of the molecule is CCNc1ccc([N+](=O)[O-])c(C(=O)NC(C)C2CC2)c1. The number of benzene rings is 1. The maximum absolute atomic E-state index is 12.2. The number of hydrogen-bond donors (Lipinski definition) is 2. The molecule has 1 aromatic carbocycles. The van der Waals surface area contributed by atoms with Crippen molar-refractivity contribution in [2.75, 3.05) is 11.9 Å². The molecule has 2 rings (SSSR count). The molecule has 20 heavy (non-hydrogen) atoms. The Bertz CT molecular complexity index is 526. The Hall–Kier alpha value is -2.11. The second-order valence-electron chi connectivity index (χ2n) is 5.12. The summed E-state index contributed by atoms with van der Waals surface area (Å²) in [6.07, 6.45) is 2.22. The number of rotatable bonds is 6. The number of nitro benzene ring substituents is 1. The molecule has 108 valence electrons. The Labute approximate surface area is 117 Å². The van der Waals surface area contributed by atoms with Crippen molar-refractivity contribution in [1.82, 2.24) is 5.32 Å². The van der Waals surface area contributed by atoms with Crippen LogP contribution in [0.3, 0.4) is 0 Å². The van der Waals surface area contributed by atoms with Crippen molar-refractivity contribution in [2.24, 2.45) is 5.92 Å². The first-order valence-corrected chi connectivity index (χ1v) is 6.86. The lowest BCUT2D eigenvalue weighted by Gasteiger charge is -2.13. The van der Waals surface area contributed by atoms with Gasteiger partial charge in [0.25, 0.3) is 11.6 Å². The number of hydrogen-bond acceptors (Lipinski definition) is 4. The second kappa shape index (κ2) is 5.90. The summed E-state index contributed by atoms with van der Waals surface area (Å²) in [4.78, 5) is 22.7. The number of nitro groups is 1. The van der Waals surface area contributed by atoms with Gasteiger partial charge in [-0.2, -0.15) is 0 Å². The summed E-state index contributed by atoms with van der Waals surface area (Å²) in [5, 5.41) is 16.9. The Kier molecular flexibility index (Phi) is 4.22. The predicted molar refractivity (Wildman–Crippen MR) is 76.9 cm³/mol. The zero-order valence-electron chi connectivity index (χ0n) is 11.7. The maximum Gasteiger partial charge on any atom is 0.282 e. The van der Waals surface area contributed by atoms with Crippen LogP contribution in [0, 0.1) is 16.0 Å². The number of anilines is 1. The quantitative estimate of drug-likeness (QED) is 0.618. The molecule has 1 atom stereocenters. The van der Waals surface area contributed by atoms with Gasteiger partial charge in [0.1, 0.15) is 5.56 Å². The highest BCUT2D eigenvalue weighted by Crippen LogP contribution is 2.32. The van der Waals surface area contributed by atoms with E-state index in [4.69, 9.17) is 0 Å². The minimum Gasteiger partial charge on any atom is -0.385 e. The third-order valence-corrected chi connectivity index (χ3v) is 3.51. The third kappa shape index (κ3) is 3.26. The molecule has 2 N–H and O–H groups in total. The van der Waals surface area contributed by atoms with Crippen LogP contribution in [0.2, 0.25) is 0 Å². The van der Waals surface area contributed by atoms with Crippen LogP contribution in [-0.2, 0) is 0 Å². The van der Waals surface area contributed by atoms with Gasteiger partial charge in [0.15, 0.2) is 0 Å². The van der Waals surface area contributed by atoms with E-state index in [-0.39, 0.29) is 23.2 Å². The van der Waals surface area contributed by atoms with Gasteiger partial charge in [0, 0.05) is 24.3 Å². The molecule has 1 unspecified atom stereocenters. The molecule has 6 nitrogen and oxygen atoms in total. The summed E-state index contributed by atoms with van der Waals surface area (Å²) in [6.45, 7) is 4.56. The lowest BCUT2D eigenvalue weighted by atomic mass is 10.1. The molecular formula is C14H19N3O3. The second-order valence-corrected chi connectivity index (χ2v) is 5.12. The van der Waals surface area contributed by atoms with Crippen molar-refractivity contribution in [3.63, 3.8) is 0 Å². The molecule has 0 radical (unpaired) electrons. The lowest BCUT2D eigenvalue weighted by molar-refractivity contribution is -0.385. The van der Waals surface area contributed by atoms with Crippen LogP contribution in [0.25, 0.3) is 0 Å². The molecule has 1 aliphatic rings. The van der Waals surface area contributed by atoms with Crippen LogP contribution in [0.1, 0.15) is 37.0 Å². The monoisotopic (exact) mass is 277 g/mol. The summed E-state index contributed by atoms with van der Waals surface area (Å²) in [5.74, 6) is 0.130. The number of nitrogens with zero attached hydrogens (tertiary/aromatic N) is 1. The standard InChI is InChI=1S/C14H19N3O3/c1-3-15-11-6-7-13(17(19)20)12(8-11)14(18)16-9(2)10-4-5-10/h6-10,15H,3-5H2,1-2H3,(H,16,18). The van der Waals surface area contributed by atoms with Crippen molar-refractivity contribution in [3.8, 4) is 0 Å². The van der Waals surface area contributed by atoms with Crippen LogP contribution in [0.4, 0.5) is 11.4 Å². The smallest absolute Gasteiger partial charge is 0.282 e. The van der Waals surface area contributed by atoms with Crippen molar-refractivity contribution in [2.45, 2.75) is 32.7 Å². The summed E-state index contributed by atoms with van der Waals surface area (Å²) in [5.41, 5.74) is 0.662. The zero-order valence-corrected chi connectivity index (χ0v) is 11.7. The summed E-state index contributed by atoms with van der Waals surface area (Å²) in [7, 11) is 0. The van der Waals surface area contributed by atoms with E-state index < -0.39 is 4.92 Å². The molecule has 0 spiro atoms. The van der Waals surface area contributed by atoms with Crippen LogP contribution < -0.4 is 10.6 Å². The Morgan fingerprint density at radius 3 is 2.75 bits per heavy atom. The molecule has 1 amide bonds. The van der Waals surface area contributed by atoms with E-state index in [1.807, 2.05) is 13.8 Å². The average molecular weight is 277 g/mol. The molecule has 0 bridgehead atoms. The van der Waals surface area contributed by atoms with E-state index in [0.717, 1.165) is 12.8 Å². The third-order valence-electron chi connectivity index (χ3n) is 3.51. The van der Waals surface area contributed by atoms with Gasteiger partial charge in [-0.1, -0.05) is 0 Å². The fourth-order valence-electron chi connectivity index (χ4n) is 2.19. The predicted octanol–water partition coefficient (Wildman–Crippen LogP) is 2.55. The van der Waals surface area contributed by atoms with Gasteiger partial charge in [-0.05, 0) is 44.7 Å². The lowest BCUT2D eigenvalue weighted by Crippen LogP contribution is -2.34. The highest BCUT2D eigenvalue weighted by atomic mass is 16.6. The molecule has 1 aromatic rings. The maximum atomic E-state index is 12.2. The van der Waals surface area contributed by atoms with Gasteiger partial charge in [-0.25, -0.2) is 0 Å². The van der Waals surface area contributed by atoms with Crippen LogP contribution in [0.15, 0.2) is 18.2 Å². The summed E-state index contributed by atoms with van der Waals surface area (Å²) >= 11 is 0. The molecule has 0 saturated heterocycles. The first-order valence-electron chi connectivity index (χ1n) is 6.86. The normalized spacial score (nSPS) is 15.5. The van der Waals surface area contributed by atoms with Crippen molar-refractivity contribution >= 4 is 17.3 Å². The first-order chi connectivity index (χ1) is 9.52. The highest BCUT2D eigenvalue weighted by molar-refractivity contribution is 5.99. The fraction of sp³-hybridized carbons (Fsp3) is 0.500. The van der Waals surface area contributed by atoms with E-state index in [0.29, 0.717) is 18.2 Å². The molecule has 6 heteroatoms. The van der Waals surface area contributed by atoms with Gasteiger partial charge in [0.2, 0.25) is 0 Å². The number of amides is 1. The van der Waals surface area contributed by atoms with Crippen molar-refractivity contribution in [1.29, 1.82) is 0 Å². The molecule has 1 saturated carbocycles. The van der Waals surface area contributed by atoms with Gasteiger partial charge in [-0.15, -0.1) is 0 Å². The molecule has 1 aliphatic carbocycles. The number of carbonyl (C=O) groups excluding carboxylic acids is 1. The van der Waals surface area contributed by atoms with Crippen LogP contribution >= 0.6 is 0 Å². The Balaban J connectivity index is 2.23. The average Bonchev–Trinajstić information content (AvgIpc) is 3.22. The molecule has 0 heterocycles. The van der Waals surface area contributed by atoms with Gasteiger partial charge in [0.05, 0.1) is 4.92 Å². The minimum atomic E-state index is -0.521. The molecular weight excluding hydrogens is 258 g/mol. The van der Waals surface area contributed by atoms with Gasteiger partial charge in [-0.3, -0.25) is 14.9 Å². The largest absolute Gasteiger partial charge is 0.385 e. The van der Waals surface area contributed by atoms with Gasteiger partial charge < -0.3 is 10.6 Å². The van der Waals surface area contributed by atoms with E-state index in [9.17, 15) is 14.9 Å². The van der Waals surface area contributed by atoms with E-state index >= 15 is 0 Å². The van der Waals surface area contributed by atoms with Crippen LogP contribution in [0.5, 0.6) is 0 Å². The zero-order chi connectivity index (χ0) is 14.7. The van der Waals surface area contributed by atoms with E-state index in [2.05, 4.69) is 10.6 Å². The molecule has 0 aliphatic heterocycles. The molecule has 1 fully saturated rings. The number of nitrogens with one attached hydrogen (secondary N) is 2. The summed E-state index contributed by atoms with van der Waals surface area (Å²) in [6, 6.07) is 4.58. The van der Waals surface area contributed by atoms with E-state index in [1.54, 1.807) is 6.07 Å². The Morgan fingerprint density at radius 1 is 1.50 bits per heavy atom. The van der Waals surface area contributed by atoms with Crippen molar-refractivity contribution < 1.29 is 9.72 Å². The highest BCUT2D eigenvalue weighted by Gasteiger charge is 2.30. The van der Waals surface area contributed by atoms with Gasteiger partial charge >= 0.3 is 0 Å². The fourth-order valence-corrected chi connectivity index (χ4v) is 2.19. The molecule has 0 aromatic heterocycles. The first kappa shape index (κ1) is 14.3. The van der Waals surface area contributed by atoms with E-state index in [1.165, 1.54) is 12.1 Å². The van der Waals surface area contributed by atoms with Crippen LogP contribution in [-0.4, -0.2) is 23.4 Å². The number of carbonyl (C=O) groups is 1. The topological polar surface area (TPSA) is 84.3 Å². The summed E-state index contributed by atoms with van der Waals surface area (Å²) < 4.78 is 0. The minimum absolute atomic E-state index is 0.0601. The van der Waals surface area contributed by atoms with Crippen molar-refractivity contribution in [3.05, 3.63) is 33.9 Å². The Morgan fingerprint density at radius 2 is 2.20 bits per heavy atom.